The van der Waals surface area contributed by atoms with Crippen molar-refractivity contribution in [3.63, 3.8) is 0 Å². The molecule has 0 aromatic heterocycles. The maximum absolute atomic E-state index is 12.5. The summed E-state index contributed by atoms with van der Waals surface area (Å²) in [5, 5.41) is 4.74. The number of carbonyl (C=O) groups excluding carboxylic acids is 1. The van der Waals surface area contributed by atoms with E-state index in [1.807, 2.05) is 43.3 Å². The summed E-state index contributed by atoms with van der Waals surface area (Å²) in [6, 6.07) is 16.1. The van der Waals surface area contributed by atoms with Crippen LogP contribution in [0.25, 0.3) is 0 Å². The zero-order valence-electron chi connectivity index (χ0n) is 17.9. The van der Waals surface area contributed by atoms with E-state index in [0.717, 1.165) is 20.1 Å². The van der Waals surface area contributed by atoms with Crippen LogP contribution in [0.4, 0.5) is 0 Å². The molecular formula is C24H21Br2ClN2O4. The third-order valence-corrected chi connectivity index (χ3v) is 5.85. The van der Waals surface area contributed by atoms with Crippen molar-refractivity contribution < 1.29 is 19.0 Å². The third-order valence-electron chi connectivity index (χ3n) is 4.42. The molecule has 0 aliphatic rings. The van der Waals surface area contributed by atoms with Crippen molar-refractivity contribution in [2.75, 3.05) is 13.7 Å². The average molecular weight is 597 g/mol. The van der Waals surface area contributed by atoms with E-state index >= 15 is 0 Å². The van der Waals surface area contributed by atoms with Crippen LogP contribution < -0.4 is 19.6 Å². The molecule has 0 saturated carbocycles. The van der Waals surface area contributed by atoms with Crippen molar-refractivity contribution in [2.45, 2.75) is 13.5 Å². The lowest BCUT2D eigenvalue weighted by Gasteiger charge is -2.11. The summed E-state index contributed by atoms with van der Waals surface area (Å²) in [6.45, 7) is 2.72. The highest BCUT2D eigenvalue weighted by Gasteiger charge is 2.11. The van der Waals surface area contributed by atoms with E-state index in [-0.39, 0.29) is 5.91 Å². The van der Waals surface area contributed by atoms with E-state index in [1.54, 1.807) is 31.5 Å². The van der Waals surface area contributed by atoms with Crippen LogP contribution >= 0.6 is 43.5 Å². The van der Waals surface area contributed by atoms with Crippen LogP contribution in [0, 0.1) is 0 Å². The van der Waals surface area contributed by atoms with Gasteiger partial charge in [-0.15, -0.1) is 0 Å². The van der Waals surface area contributed by atoms with Gasteiger partial charge in [0.1, 0.15) is 12.4 Å². The number of methoxy groups -OCH3 is 1. The van der Waals surface area contributed by atoms with E-state index in [9.17, 15) is 4.79 Å². The Balaban J connectivity index is 1.64. The molecule has 0 fully saturated rings. The van der Waals surface area contributed by atoms with E-state index in [0.29, 0.717) is 41.0 Å². The van der Waals surface area contributed by atoms with Crippen LogP contribution in [-0.4, -0.2) is 25.8 Å². The summed E-state index contributed by atoms with van der Waals surface area (Å²) >= 11 is 13.0. The van der Waals surface area contributed by atoms with Crippen molar-refractivity contribution in [1.82, 2.24) is 5.43 Å². The fourth-order valence-electron chi connectivity index (χ4n) is 2.84. The first-order valence-corrected chi connectivity index (χ1v) is 11.9. The van der Waals surface area contributed by atoms with Gasteiger partial charge in [0.15, 0.2) is 11.5 Å². The number of rotatable bonds is 9. The van der Waals surface area contributed by atoms with Gasteiger partial charge in [0.05, 0.1) is 28.9 Å². The molecule has 0 spiro atoms. The molecule has 3 aromatic rings. The summed E-state index contributed by atoms with van der Waals surface area (Å²) in [6.07, 6.45) is 1.55. The molecule has 0 saturated heterocycles. The summed E-state index contributed by atoms with van der Waals surface area (Å²) in [4.78, 5) is 12.5. The second kappa shape index (κ2) is 12.1. The van der Waals surface area contributed by atoms with Crippen LogP contribution in [0.5, 0.6) is 17.2 Å². The molecule has 1 amide bonds. The van der Waals surface area contributed by atoms with Gasteiger partial charge in [-0.2, -0.15) is 5.10 Å². The number of amides is 1. The third kappa shape index (κ3) is 6.96. The van der Waals surface area contributed by atoms with Crippen LogP contribution in [-0.2, 0) is 6.61 Å². The summed E-state index contributed by atoms with van der Waals surface area (Å²) in [7, 11) is 1.55. The number of hydrazone groups is 1. The number of carbonyl (C=O) groups is 1. The van der Waals surface area contributed by atoms with Gasteiger partial charge in [0.2, 0.25) is 0 Å². The number of ether oxygens (including phenoxy) is 3. The second-order valence-electron chi connectivity index (χ2n) is 6.73. The molecule has 1 N–H and O–H groups in total. The highest BCUT2D eigenvalue weighted by molar-refractivity contribution is 9.11. The monoisotopic (exact) mass is 594 g/mol. The lowest BCUT2D eigenvalue weighted by molar-refractivity contribution is 0.0954. The number of halogens is 3. The smallest absolute Gasteiger partial charge is 0.271 e. The Morgan fingerprint density at radius 1 is 1.03 bits per heavy atom. The average Bonchev–Trinajstić information content (AvgIpc) is 2.80. The number of hydrogen-bond donors (Lipinski definition) is 1. The van der Waals surface area contributed by atoms with Crippen LogP contribution in [0.3, 0.4) is 0 Å². The first kappa shape index (κ1) is 25.1. The summed E-state index contributed by atoms with van der Waals surface area (Å²) in [5.74, 6) is 1.35. The molecule has 0 radical (unpaired) electrons. The van der Waals surface area contributed by atoms with Gasteiger partial charge in [-0.05, 0) is 92.4 Å². The topological polar surface area (TPSA) is 69.2 Å². The Hall–Kier alpha value is -2.55. The van der Waals surface area contributed by atoms with Gasteiger partial charge < -0.3 is 14.2 Å². The molecule has 0 unspecified atom stereocenters. The van der Waals surface area contributed by atoms with Crippen LogP contribution in [0.1, 0.15) is 28.4 Å². The molecule has 0 aliphatic carbocycles. The van der Waals surface area contributed by atoms with E-state index in [2.05, 4.69) is 42.4 Å². The highest BCUT2D eigenvalue weighted by atomic mass is 79.9. The summed E-state index contributed by atoms with van der Waals surface area (Å²) < 4.78 is 18.2. The second-order valence-corrected chi connectivity index (χ2v) is 8.87. The molecule has 0 aliphatic heterocycles. The zero-order valence-corrected chi connectivity index (χ0v) is 21.8. The first-order valence-electron chi connectivity index (χ1n) is 9.91. The fourth-order valence-corrected chi connectivity index (χ4v) is 4.42. The van der Waals surface area contributed by atoms with Gasteiger partial charge in [-0.25, -0.2) is 5.43 Å². The van der Waals surface area contributed by atoms with Crippen molar-refractivity contribution >= 4 is 55.6 Å². The SMILES string of the molecule is CCOc1cc(C(=O)N/N=C/c2cc(Br)c(OCc3ccc(Cl)cc3)c(Br)c2)ccc1OC. The van der Waals surface area contributed by atoms with Crippen molar-refractivity contribution in [1.29, 1.82) is 0 Å². The lowest BCUT2D eigenvalue weighted by Crippen LogP contribution is -2.17. The van der Waals surface area contributed by atoms with Gasteiger partial charge in [0.25, 0.3) is 5.91 Å². The predicted octanol–water partition coefficient (Wildman–Crippen LogP) is 6.62. The first-order chi connectivity index (χ1) is 15.9. The summed E-state index contributed by atoms with van der Waals surface area (Å²) in [5.41, 5.74) is 4.69. The number of nitrogens with zero attached hydrogens (tertiary/aromatic N) is 1. The molecule has 172 valence electrons. The molecule has 0 bridgehead atoms. The molecular weight excluding hydrogens is 576 g/mol. The fraction of sp³-hybridized carbons (Fsp3) is 0.167. The Labute approximate surface area is 214 Å². The van der Waals surface area contributed by atoms with E-state index in [4.69, 9.17) is 25.8 Å². The number of hydrogen-bond acceptors (Lipinski definition) is 5. The largest absolute Gasteiger partial charge is 0.493 e. The molecule has 0 heterocycles. The molecule has 6 nitrogen and oxygen atoms in total. The van der Waals surface area contributed by atoms with Crippen molar-refractivity contribution in [3.05, 3.63) is 85.3 Å². The van der Waals surface area contributed by atoms with Crippen LogP contribution in [0.2, 0.25) is 5.02 Å². The van der Waals surface area contributed by atoms with E-state index < -0.39 is 0 Å². The standard InChI is InChI=1S/C24H21Br2ClN2O4/c1-3-32-22-12-17(6-9-21(22)31-2)24(30)29-28-13-16-10-19(25)23(20(26)11-16)33-14-15-4-7-18(27)8-5-15/h4-13H,3,14H2,1-2H3,(H,29,30)/b28-13+. The highest BCUT2D eigenvalue weighted by Crippen LogP contribution is 2.35. The minimum absolute atomic E-state index is 0.365. The van der Waals surface area contributed by atoms with Crippen LogP contribution in [0.15, 0.2) is 68.6 Å². The number of nitrogens with one attached hydrogen (secondary N) is 1. The minimum Gasteiger partial charge on any atom is -0.493 e. The molecule has 3 rings (SSSR count). The Morgan fingerprint density at radius 2 is 1.73 bits per heavy atom. The quantitative estimate of drug-likeness (QED) is 0.223. The zero-order chi connectivity index (χ0) is 23.8. The Morgan fingerprint density at radius 3 is 2.36 bits per heavy atom. The van der Waals surface area contributed by atoms with E-state index in [1.165, 1.54) is 0 Å². The maximum atomic E-state index is 12.5. The molecule has 0 atom stereocenters. The van der Waals surface area contributed by atoms with Gasteiger partial charge >= 0.3 is 0 Å². The lowest BCUT2D eigenvalue weighted by atomic mass is 10.2. The normalized spacial score (nSPS) is 10.8. The van der Waals surface area contributed by atoms with Gasteiger partial charge in [-0.1, -0.05) is 23.7 Å². The Kier molecular flexibility index (Phi) is 9.17. The molecule has 3 aromatic carbocycles. The van der Waals surface area contributed by atoms with Gasteiger partial charge in [-0.3, -0.25) is 4.79 Å². The van der Waals surface area contributed by atoms with Crippen molar-refractivity contribution in [2.24, 2.45) is 5.10 Å². The molecule has 33 heavy (non-hydrogen) atoms. The maximum Gasteiger partial charge on any atom is 0.271 e. The van der Waals surface area contributed by atoms with Gasteiger partial charge in [0, 0.05) is 10.6 Å². The minimum atomic E-state index is -0.365. The molecule has 9 heteroatoms. The number of benzene rings is 3. The predicted molar refractivity (Wildman–Crippen MR) is 137 cm³/mol. The Bertz CT molecular complexity index is 1130. The van der Waals surface area contributed by atoms with Crippen molar-refractivity contribution in [3.8, 4) is 17.2 Å².